The van der Waals surface area contributed by atoms with Crippen LogP contribution in [0.2, 0.25) is 0 Å². The Kier molecular flexibility index (Phi) is 3.74. The number of aryl methyl sites for hydroxylation is 1. The van der Waals surface area contributed by atoms with Crippen molar-refractivity contribution in [2.75, 3.05) is 5.32 Å². The molecule has 0 radical (unpaired) electrons. The molecule has 0 aliphatic carbocycles. The van der Waals surface area contributed by atoms with E-state index in [0.29, 0.717) is 11.5 Å². The average molecular weight is 332 g/mol. The van der Waals surface area contributed by atoms with Crippen LogP contribution in [-0.4, -0.2) is 30.2 Å². The van der Waals surface area contributed by atoms with Gasteiger partial charge in [-0.3, -0.25) is 4.79 Å². The van der Waals surface area contributed by atoms with Crippen LogP contribution in [-0.2, 0) is 11.3 Å². The van der Waals surface area contributed by atoms with Crippen LogP contribution >= 0.6 is 0 Å². The lowest BCUT2D eigenvalue weighted by molar-refractivity contribution is -0.116. The molecule has 0 spiro atoms. The molecule has 4 rings (SSSR count). The quantitative estimate of drug-likeness (QED) is 0.623. The molecule has 0 atom stereocenters. The molecular weight excluding hydrogens is 316 g/mol. The zero-order chi connectivity index (χ0) is 17.2. The highest BCUT2D eigenvalue weighted by atomic mass is 16.1. The number of aromatic nitrogens is 5. The van der Waals surface area contributed by atoms with E-state index in [1.807, 2.05) is 35.8 Å². The Bertz CT molecular complexity index is 1020. The number of benzene rings is 1. The first-order valence-corrected chi connectivity index (χ1v) is 7.86. The molecular formula is C18H16N6O. The Morgan fingerprint density at radius 3 is 2.84 bits per heavy atom. The second-order valence-corrected chi connectivity index (χ2v) is 5.72. The summed E-state index contributed by atoms with van der Waals surface area (Å²) in [5, 5.41) is 8.03. The Balaban J connectivity index is 1.49. The SMILES string of the molecule is Cc1cc2ccccc2n1CC(=O)Nc1ccc(-n2cncn2)nc1. The van der Waals surface area contributed by atoms with Crippen molar-refractivity contribution in [3.63, 3.8) is 0 Å². The van der Waals surface area contributed by atoms with E-state index in [9.17, 15) is 4.79 Å². The van der Waals surface area contributed by atoms with Gasteiger partial charge in [0.25, 0.3) is 0 Å². The third-order valence-corrected chi connectivity index (χ3v) is 4.00. The molecule has 0 saturated heterocycles. The number of fused-ring (bicyclic) bond motifs is 1. The summed E-state index contributed by atoms with van der Waals surface area (Å²) in [4.78, 5) is 20.6. The van der Waals surface area contributed by atoms with E-state index in [1.165, 1.54) is 6.33 Å². The number of rotatable bonds is 4. The molecule has 1 aromatic carbocycles. The fourth-order valence-electron chi connectivity index (χ4n) is 2.82. The number of hydrogen-bond donors (Lipinski definition) is 1. The van der Waals surface area contributed by atoms with Gasteiger partial charge in [0.1, 0.15) is 19.2 Å². The van der Waals surface area contributed by atoms with E-state index >= 15 is 0 Å². The summed E-state index contributed by atoms with van der Waals surface area (Å²) in [6, 6.07) is 13.7. The second-order valence-electron chi connectivity index (χ2n) is 5.72. The van der Waals surface area contributed by atoms with Crippen molar-refractivity contribution < 1.29 is 4.79 Å². The number of nitrogens with zero attached hydrogens (tertiary/aromatic N) is 5. The van der Waals surface area contributed by atoms with Crippen LogP contribution in [0.25, 0.3) is 16.7 Å². The first-order valence-electron chi connectivity index (χ1n) is 7.86. The van der Waals surface area contributed by atoms with E-state index < -0.39 is 0 Å². The monoisotopic (exact) mass is 332 g/mol. The van der Waals surface area contributed by atoms with Gasteiger partial charge in [-0.05, 0) is 36.6 Å². The molecule has 124 valence electrons. The third-order valence-electron chi connectivity index (χ3n) is 4.00. The second kappa shape index (κ2) is 6.20. The predicted octanol–water partition coefficient (Wildman–Crippen LogP) is 2.56. The highest BCUT2D eigenvalue weighted by molar-refractivity contribution is 5.92. The number of anilines is 1. The summed E-state index contributed by atoms with van der Waals surface area (Å²) in [6.07, 6.45) is 4.62. The van der Waals surface area contributed by atoms with Crippen LogP contribution < -0.4 is 5.32 Å². The van der Waals surface area contributed by atoms with E-state index in [1.54, 1.807) is 29.3 Å². The number of para-hydroxylation sites is 1. The van der Waals surface area contributed by atoms with Crippen molar-refractivity contribution >= 4 is 22.5 Å². The molecule has 0 bridgehead atoms. The molecule has 0 unspecified atom stereocenters. The number of carbonyl (C=O) groups is 1. The van der Waals surface area contributed by atoms with Gasteiger partial charge >= 0.3 is 0 Å². The molecule has 7 nitrogen and oxygen atoms in total. The van der Waals surface area contributed by atoms with Crippen molar-refractivity contribution in [1.82, 2.24) is 24.3 Å². The van der Waals surface area contributed by atoms with Crippen LogP contribution in [0.15, 0.2) is 61.3 Å². The minimum atomic E-state index is -0.0974. The lowest BCUT2D eigenvalue weighted by Crippen LogP contribution is -2.19. The minimum Gasteiger partial charge on any atom is -0.335 e. The third kappa shape index (κ3) is 2.99. The predicted molar refractivity (Wildman–Crippen MR) is 94.5 cm³/mol. The van der Waals surface area contributed by atoms with Crippen LogP contribution in [0.4, 0.5) is 5.69 Å². The van der Waals surface area contributed by atoms with Crippen molar-refractivity contribution in [3.8, 4) is 5.82 Å². The Labute approximate surface area is 143 Å². The van der Waals surface area contributed by atoms with Gasteiger partial charge in [0, 0.05) is 11.2 Å². The molecule has 1 amide bonds. The molecule has 0 aliphatic heterocycles. The Morgan fingerprint density at radius 2 is 2.08 bits per heavy atom. The number of pyridine rings is 1. The zero-order valence-electron chi connectivity index (χ0n) is 13.6. The topological polar surface area (TPSA) is 77.6 Å². The van der Waals surface area contributed by atoms with Crippen molar-refractivity contribution in [1.29, 1.82) is 0 Å². The van der Waals surface area contributed by atoms with Gasteiger partial charge < -0.3 is 9.88 Å². The van der Waals surface area contributed by atoms with Crippen LogP contribution in [0.3, 0.4) is 0 Å². The van der Waals surface area contributed by atoms with Gasteiger partial charge in [-0.1, -0.05) is 18.2 Å². The normalized spacial score (nSPS) is 10.9. The minimum absolute atomic E-state index is 0.0974. The van der Waals surface area contributed by atoms with Crippen LogP contribution in [0, 0.1) is 6.92 Å². The van der Waals surface area contributed by atoms with Crippen LogP contribution in [0.5, 0.6) is 0 Å². The maximum absolute atomic E-state index is 12.4. The van der Waals surface area contributed by atoms with Gasteiger partial charge in [-0.2, -0.15) is 5.10 Å². The number of hydrogen-bond acceptors (Lipinski definition) is 4. The largest absolute Gasteiger partial charge is 0.335 e. The maximum atomic E-state index is 12.4. The summed E-state index contributed by atoms with van der Waals surface area (Å²) in [5.74, 6) is 0.544. The van der Waals surface area contributed by atoms with Crippen molar-refractivity contribution in [2.24, 2.45) is 0 Å². The Hall–Kier alpha value is -3.48. The highest BCUT2D eigenvalue weighted by Gasteiger charge is 2.10. The summed E-state index contributed by atoms with van der Waals surface area (Å²) in [5.41, 5.74) is 2.74. The summed E-state index contributed by atoms with van der Waals surface area (Å²) < 4.78 is 3.56. The molecule has 4 aromatic rings. The molecule has 0 saturated carbocycles. The van der Waals surface area contributed by atoms with E-state index in [2.05, 4.69) is 26.4 Å². The lowest BCUT2D eigenvalue weighted by atomic mass is 10.2. The van der Waals surface area contributed by atoms with Gasteiger partial charge in [0.05, 0.1) is 11.9 Å². The first kappa shape index (κ1) is 15.1. The van der Waals surface area contributed by atoms with Gasteiger partial charge in [-0.25, -0.2) is 14.6 Å². The fraction of sp³-hybridized carbons (Fsp3) is 0.111. The smallest absolute Gasteiger partial charge is 0.244 e. The molecule has 0 fully saturated rings. The average Bonchev–Trinajstić information content (AvgIpc) is 3.25. The molecule has 1 N–H and O–H groups in total. The van der Waals surface area contributed by atoms with E-state index in [-0.39, 0.29) is 12.5 Å². The zero-order valence-corrected chi connectivity index (χ0v) is 13.6. The van der Waals surface area contributed by atoms with Crippen LogP contribution in [0.1, 0.15) is 5.69 Å². The molecule has 3 aromatic heterocycles. The standard InChI is InChI=1S/C18H16N6O/c1-13-8-14-4-2-3-5-16(14)23(13)10-18(25)22-15-6-7-17(20-9-15)24-12-19-11-21-24/h2-9,11-12H,10H2,1H3,(H,22,25). The van der Waals surface area contributed by atoms with Gasteiger partial charge in [0.15, 0.2) is 5.82 Å². The first-order chi connectivity index (χ1) is 12.2. The fourth-order valence-corrected chi connectivity index (χ4v) is 2.82. The number of amides is 1. The highest BCUT2D eigenvalue weighted by Crippen LogP contribution is 2.19. The van der Waals surface area contributed by atoms with E-state index in [0.717, 1.165) is 16.6 Å². The number of carbonyl (C=O) groups excluding carboxylic acids is 1. The van der Waals surface area contributed by atoms with Crippen molar-refractivity contribution in [3.05, 3.63) is 67.0 Å². The Morgan fingerprint density at radius 1 is 1.20 bits per heavy atom. The van der Waals surface area contributed by atoms with E-state index in [4.69, 9.17) is 0 Å². The van der Waals surface area contributed by atoms with Crippen molar-refractivity contribution in [2.45, 2.75) is 13.5 Å². The summed E-state index contributed by atoms with van der Waals surface area (Å²) in [7, 11) is 0. The molecule has 7 heteroatoms. The summed E-state index contributed by atoms with van der Waals surface area (Å²) in [6.45, 7) is 2.26. The maximum Gasteiger partial charge on any atom is 0.244 e. The summed E-state index contributed by atoms with van der Waals surface area (Å²) >= 11 is 0. The number of nitrogens with one attached hydrogen (secondary N) is 1. The molecule has 25 heavy (non-hydrogen) atoms. The van der Waals surface area contributed by atoms with Gasteiger partial charge in [-0.15, -0.1) is 0 Å². The molecule has 0 aliphatic rings. The molecule has 3 heterocycles. The lowest BCUT2D eigenvalue weighted by Gasteiger charge is -2.09. The van der Waals surface area contributed by atoms with Gasteiger partial charge in [0.2, 0.25) is 5.91 Å².